The summed E-state index contributed by atoms with van der Waals surface area (Å²) < 4.78 is 0.908. The number of phenols is 1. The van der Waals surface area contributed by atoms with E-state index < -0.39 is 11.6 Å². The van der Waals surface area contributed by atoms with Gasteiger partial charge in [0.2, 0.25) is 0 Å². The van der Waals surface area contributed by atoms with Gasteiger partial charge in [0.25, 0.3) is 11.6 Å². The first-order valence-corrected chi connectivity index (χ1v) is 11.6. The van der Waals surface area contributed by atoms with E-state index in [0.717, 1.165) is 21.2 Å². The van der Waals surface area contributed by atoms with Gasteiger partial charge in [0.15, 0.2) is 0 Å². The summed E-state index contributed by atoms with van der Waals surface area (Å²) in [5.41, 5.74) is 1.59. The molecule has 8 heteroatoms. The third kappa shape index (κ3) is 4.23. The zero-order chi connectivity index (χ0) is 23.7. The predicted octanol–water partition coefficient (Wildman–Crippen LogP) is 4.34. The minimum Gasteiger partial charge on any atom is -0.508 e. The maximum atomic E-state index is 13.6. The number of halogens is 1. The van der Waals surface area contributed by atoms with Crippen LogP contribution in [0.3, 0.4) is 0 Å². The number of carbonyl (C=O) groups is 1. The second-order valence-corrected chi connectivity index (χ2v) is 9.22. The molecular weight excluding hydrogens is 498 g/mol. The van der Waals surface area contributed by atoms with E-state index in [1.165, 1.54) is 4.90 Å². The number of hydrogen-bond donors (Lipinski definition) is 3. The fraction of sp³-hybridized carbons (Fsp3) is 0.154. The van der Waals surface area contributed by atoms with Gasteiger partial charge in [-0.2, -0.15) is 4.89 Å². The van der Waals surface area contributed by atoms with Crippen molar-refractivity contribution >= 4 is 33.4 Å². The van der Waals surface area contributed by atoms with Crippen LogP contribution >= 0.6 is 15.9 Å². The molecule has 0 saturated heterocycles. The van der Waals surface area contributed by atoms with E-state index in [9.17, 15) is 15.2 Å². The topological polar surface area (TPSA) is 94.4 Å². The van der Waals surface area contributed by atoms with Gasteiger partial charge in [-0.25, -0.2) is 10.2 Å². The van der Waals surface area contributed by atoms with Crippen molar-refractivity contribution in [1.29, 1.82) is 0 Å². The zero-order valence-corrected chi connectivity index (χ0v) is 19.6. The lowest BCUT2D eigenvalue weighted by Gasteiger charge is -2.31. The molecule has 1 amide bonds. The molecule has 2 aliphatic heterocycles. The van der Waals surface area contributed by atoms with Crippen LogP contribution in [-0.4, -0.2) is 38.8 Å². The molecule has 0 fully saturated rings. The molecule has 0 spiro atoms. The van der Waals surface area contributed by atoms with Crippen LogP contribution in [0, 0.1) is 0 Å². The molecule has 3 aromatic rings. The van der Waals surface area contributed by atoms with Crippen molar-refractivity contribution < 1.29 is 20.0 Å². The second-order valence-electron chi connectivity index (χ2n) is 8.30. The first kappa shape index (κ1) is 22.3. The summed E-state index contributed by atoms with van der Waals surface area (Å²) >= 11 is 3.41. The predicted molar refractivity (Wildman–Crippen MR) is 132 cm³/mol. The normalized spacial score (nSPS) is 21.5. The lowest BCUT2D eigenvalue weighted by molar-refractivity contribution is -0.308. The minimum atomic E-state index is -1.78. The third-order valence-electron chi connectivity index (χ3n) is 5.96. The van der Waals surface area contributed by atoms with E-state index in [4.69, 9.17) is 4.89 Å². The number of nitrogens with one attached hydrogen (secondary N) is 1. The van der Waals surface area contributed by atoms with Gasteiger partial charge in [-0.05, 0) is 59.5 Å². The molecule has 2 aliphatic rings. The summed E-state index contributed by atoms with van der Waals surface area (Å²) in [5.74, 6) is 0.161. The smallest absolute Gasteiger partial charge is 0.290 e. The standard InChI is InChI=1S/C26H22BrN3O4/c27-20-10-6-18(7-11-20)15-26(34-33)25(32)30-16-23(19-8-12-21(31)13-9-19)28-22(24(30)29-26)14-17-4-2-1-3-5-17/h1-13,16,22,28,31,33H,14-15H2/t22?,26-/m0/s1. The largest absolute Gasteiger partial charge is 0.508 e. The minimum absolute atomic E-state index is 0.0794. The molecule has 5 rings (SSSR count). The number of benzene rings is 3. The van der Waals surface area contributed by atoms with Crippen LogP contribution in [0.1, 0.15) is 16.7 Å². The molecule has 2 atom stereocenters. The lowest BCUT2D eigenvalue weighted by atomic mass is 10.0. The quantitative estimate of drug-likeness (QED) is 0.332. The van der Waals surface area contributed by atoms with E-state index in [-0.39, 0.29) is 18.2 Å². The highest BCUT2D eigenvalue weighted by atomic mass is 79.9. The second kappa shape index (κ2) is 9.06. The summed E-state index contributed by atoms with van der Waals surface area (Å²) in [6, 6.07) is 23.7. The Hall–Kier alpha value is -3.46. The highest BCUT2D eigenvalue weighted by Crippen LogP contribution is 2.34. The molecule has 7 nitrogen and oxygen atoms in total. The Morgan fingerprint density at radius 3 is 2.38 bits per heavy atom. The number of fused-ring (bicyclic) bond motifs is 1. The van der Waals surface area contributed by atoms with Crippen LogP contribution in [0.25, 0.3) is 5.70 Å². The van der Waals surface area contributed by atoms with Gasteiger partial charge in [-0.3, -0.25) is 9.69 Å². The third-order valence-corrected chi connectivity index (χ3v) is 6.49. The van der Waals surface area contributed by atoms with Crippen LogP contribution < -0.4 is 5.32 Å². The molecule has 0 bridgehead atoms. The van der Waals surface area contributed by atoms with Crippen molar-refractivity contribution in [2.24, 2.45) is 4.99 Å². The maximum Gasteiger partial charge on any atom is 0.290 e. The zero-order valence-electron chi connectivity index (χ0n) is 18.1. The molecule has 0 radical (unpaired) electrons. The Balaban J connectivity index is 1.55. The number of aliphatic imine (C=N–C) groups is 1. The van der Waals surface area contributed by atoms with Crippen molar-refractivity contribution in [2.75, 3.05) is 0 Å². The summed E-state index contributed by atoms with van der Waals surface area (Å²) in [4.78, 5) is 24.5. The number of carbonyl (C=O) groups excluding carboxylic acids is 1. The first-order chi connectivity index (χ1) is 16.5. The summed E-state index contributed by atoms with van der Waals surface area (Å²) in [7, 11) is 0. The van der Waals surface area contributed by atoms with Gasteiger partial charge in [0.05, 0.1) is 11.7 Å². The van der Waals surface area contributed by atoms with Crippen LogP contribution in [0.15, 0.2) is 94.5 Å². The fourth-order valence-corrected chi connectivity index (χ4v) is 4.51. The molecule has 0 saturated carbocycles. The Kier molecular flexibility index (Phi) is 5.95. The van der Waals surface area contributed by atoms with Crippen LogP contribution in [-0.2, 0) is 22.5 Å². The number of nitrogens with zero attached hydrogens (tertiary/aromatic N) is 2. The SMILES string of the molecule is O=C1N2C=C(c3ccc(O)cc3)NC(Cc3ccccc3)C2=N[C@@]1(Cc1ccc(Br)cc1)OO. The molecule has 172 valence electrons. The molecule has 2 heterocycles. The number of amidine groups is 1. The van der Waals surface area contributed by atoms with Gasteiger partial charge in [0, 0.05) is 17.1 Å². The maximum absolute atomic E-state index is 13.6. The van der Waals surface area contributed by atoms with Gasteiger partial charge in [-0.15, -0.1) is 0 Å². The average molecular weight is 520 g/mol. The van der Waals surface area contributed by atoms with Crippen LogP contribution in [0.4, 0.5) is 0 Å². The number of hydrogen-bond acceptors (Lipinski definition) is 6. The summed E-state index contributed by atoms with van der Waals surface area (Å²) in [6.07, 6.45) is 2.31. The summed E-state index contributed by atoms with van der Waals surface area (Å²) in [6.45, 7) is 0. The molecule has 0 aliphatic carbocycles. The van der Waals surface area contributed by atoms with Crippen molar-refractivity contribution in [3.63, 3.8) is 0 Å². The van der Waals surface area contributed by atoms with Gasteiger partial charge in [0.1, 0.15) is 11.6 Å². The fourth-order valence-electron chi connectivity index (χ4n) is 4.24. The van der Waals surface area contributed by atoms with E-state index >= 15 is 0 Å². The van der Waals surface area contributed by atoms with Gasteiger partial charge < -0.3 is 10.4 Å². The van der Waals surface area contributed by atoms with E-state index in [2.05, 4.69) is 26.2 Å². The van der Waals surface area contributed by atoms with Crippen molar-refractivity contribution in [1.82, 2.24) is 10.2 Å². The van der Waals surface area contributed by atoms with Crippen LogP contribution in [0.2, 0.25) is 0 Å². The lowest BCUT2D eigenvalue weighted by Crippen LogP contribution is -2.50. The number of aromatic hydroxyl groups is 1. The number of rotatable bonds is 6. The highest BCUT2D eigenvalue weighted by molar-refractivity contribution is 9.10. The molecule has 0 aromatic heterocycles. The van der Waals surface area contributed by atoms with Crippen molar-refractivity contribution in [3.8, 4) is 5.75 Å². The average Bonchev–Trinajstić information content (AvgIpc) is 3.14. The van der Waals surface area contributed by atoms with E-state index in [1.54, 1.807) is 30.5 Å². The molecule has 1 unspecified atom stereocenters. The Bertz CT molecular complexity index is 1260. The van der Waals surface area contributed by atoms with E-state index in [1.807, 2.05) is 54.6 Å². The van der Waals surface area contributed by atoms with Gasteiger partial charge in [-0.1, -0.05) is 58.4 Å². The number of phenolic OH excluding ortho intramolecular Hbond substituents is 1. The molecule has 34 heavy (non-hydrogen) atoms. The molecular formula is C26H22BrN3O4. The van der Waals surface area contributed by atoms with Crippen LogP contribution in [0.5, 0.6) is 5.75 Å². The highest BCUT2D eigenvalue weighted by Gasteiger charge is 2.52. The molecule has 3 aromatic carbocycles. The Morgan fingerprint density at radius 1 is 1.00 bits per heavy atom. The van der Waals surface area contributed by atoms with Crippen molar-refractivity contribution in [3.05, 3.63) is 106 Å². The monoisotopic (exact) mass is 519 g/mol. The Morgan fingerprint density at radius 2 is 1.71 bits per heavy atom. The Labute approximate surface area is 205 Å². The van der Waals surface area contributed by atoms with Crippen molar-refractivity contribution in [2.45, 2.75) is 24.6 Å². The number of amides is 1. The first-order valence-electron chi connectivity index (χ1n) is 10.8. The molecule has 3 N–H and O–H groups in total. The van der Waals surface area contributed by atoms with E-state index in [0.29, 0.717) is 18.0 Å². The van der Waals surface area contributed by atoms with Gasteiger partial charge >= 0.3 is 0 Å². The summed E-state index contributed by atoms with van der Waals surface area (Å²) in [5, 5.41) is 23.1.